The Morgan fingerprint density at radius 3 is 3.00 bits per heavy atom. The van der Waals surface area contributed by atoms with Crippen LogP contribution >= 0.6 is 0 Å². The highest BCUT2D eigenvalue weighted by Gasteiger charge is 2.02. The molecule has 5 heteroatoms. The highest BCUT2D eigenvalue weighted by molar-refractivity contribution is 5.52. The number of nitrogens with two attached hydrogens (primary N) is 1. The monoisotopic (exact) mass is 218 g/mol. The third kappa shape index (κ3) is 3.19. The molecule has 2 N–H and O–H groups in total. The summed E-state index contributed by atoms with van der Waals surface area (Å²) in [6.45, 7) is 2.08. The molecule has 0 aliphatic rings. The molecule has 0 fully saturated rings. The number of hydrogen-bond acceptors (Lipinski definition) is 2. The lowest BCUT2D eigenvalue weighted by atomic mass is 10.1. The van der Waals surface area contributed by atoms with Crippen molar-refractivity contribution in [1.82, 2.24) is 0 Å². The molecule has 0 aromatic heterocycles. The van der Waals surface area contributed by atoms with Gasteiger partial charge in [-0.15, -0.1) is 0 Å². The van der Waals surface area contributed by atoms with E-state index in [9.17, 15) is 4.39 Å². The molecule has 0 amide bonds. The minimum Gasteiger partial charge on any atom is -0.398 e. The van der Waals surface area contributed by atoms with Gasteiger partial charge in [0.05, 0.1) is 5.56 Å². The highest BCUT2D eigenvalue weighted by atomic mass is 19.1. The molecule has 0 atom stereocenters. The summed E-state index contributed by atoms with van der Waals surface area (Å²) in [4.78, 5) is 2.59. The Morgan fingerprint density at radius 2 is 2.31 bits per heavy atom. The summed E-state index contributed by atoms with van der Waals surface area (Å²) in [5, 5.41) is 3.32. The summed E-state index contributed by atoms with van der Waals surface area (Å²) in [6, 6.07) is 2.86. The number of hydrogen-bond donors (Lipinski definition) is 1. The number of rotatable bonds is 2. The molecule has 0 aliphatic heterocycles. The Bertz CT molecular complexity index is 493. The van der Waals surface area contributed by atoms with Crippen molar-refractivity contribution in [1.29, 1.82) is 0 Å². The molecule has 82 valence electrons. The molecule has 0 unspecified atom stereocenters. The van der Waals surface area contributed by atoms with Crippen LogP contribution in [0.3, 0.4) is 0 Å². The average Bonchev–Trinajstić information content (AvgIpc) is 2.25. The molecule has 0 bridgehead atoms. The molecule has 0 spiro atoms. The van der Waals surface area contributed by atoms with E-state index in [0.29, 0.717) is 24.2 Å². The van der Waals surface area contributed by atoms with Gasteiger partial charge in [-0.05, 0) is 30.2 Å². The van der Waals surface area contributed by atoms with Crippen molar-refractivity contribution >= 4 is 5.69 Å². The third-order valence-electron chi connectivity index (χ3n) is 1.98. The van der Waals surface area contributed by atoms with Gasteiger partial charge in [0.1, 0.15) is 5.82 Å². The van der Waals surface area contributed by atoms with E-state index in [1.54, 1.807) is 13.0 Å². The summed E-state index contributed by atoms with van der Waals surface area (Å²) >= 11 is 0. The normalized spacial score (nSPS) is 8.88. The molecule has 1 aromatic rings. The van der Waals surface area contributed by atoms with Gasteiger partial charge in [0.25, 0.3) is 0 Å². The molecular weight excluding hydrogens is 207 g/mol. The number of halogens is 1. The van der Waals surface area contributed by atoms with Gasteiger partial charge in [-0.3, -0.25) is 0 Å². The number of nitrogen functional groups attached to an aromatic ring is 1. The van der Waals surface area contributed by atoms with E-state index in [1.165, 1.54) is 6.07 Å². The predicted molar refractivity (Wildman–Crippen MR) is 61.1 cm³/mol. The highest BCUT2D eigenvalue weighted by Crippen LogP contribution is 2.16. The molecule has 0 radical (unpaired) electrons. The van der Waals surface area contributed by atoms with Crippen molar-refractivity contribution in [2.75, 3.05) is 12.3 Å². The zero-order valence-corrected chi connectivity index (χ0v) is 8.87. The molecule has 1 rings (SSSR count). The zero-order chi connectivity index (χ0) is 12.0. The Labute approximate surface area is 92.9 Å². The summed E-state index contributed by atoms with van der Waals surface area (Å²) in [5.41, 5.74) is 15.1. The fourth-order valence-electron chi connectivity index (χ4n) is 1.10. The Hall–Kier alpha value is -2.18. The van der Waals surface area contributed by atoms with Crippen molar-refractivity contribution in [3.8, 4) is 11.8 Å². The van der Waals surface area contributed by atoms with Gasteiger partial charge < -0.3 is 5.73 Å². The number of nitrogens with zero attached hydrogens (tertiary/aromatic N) is 3. The van der Waals surface area contributed by atoms with E-state index in [1.807, 2.05) is 0 Å². The van der Waals surface area contributed by atoms with Gasteiger partial charge >= 0.3 is 0 Å². The van der Waals surface area contributed by atoms with Crippen LogP contribution in [0.5, 0.6) is 0 Å². The second-order valence-electron chi connectivity index (χ2n) is 3.19. The summed E-state index contributed by atoms with van der Waals surface area (Å²) in [7, 11) is 0. The zero-order valence-electron chi connectivity index (χ0n) is 8.87. The average molecular weight is 218 g/mol. The largest absolute Gasteiger partial charge is 0.398 e. The second kappa shape index (κ2) is 5.64. The number of azide groups is 1. The first-order chi connectivity index (χ1) is 7.65. The Morgan fingerprint density at radius 1 is 1.56 bits per heavy atom. The van der Waals surface area contributed by atoms with E-state index >= 15 is 0 Å². The van der Waals surface area contributed by atoms with Crippen LogP contribution in [-0.4, -0.2) is 6.54 Å². The Balaban J connectivity index is 2.80. The van der Waals surface area contributed by atoms with E-state index in [0.717, 1.165) is 5.56 Å². The summed E-state index contributed by atoms with van der Waals surface area (Å²) in [6.07, 6.45) is 0.410. The molecule has 0 heterocycles. The minimum absolute atomic E-state index is 0.291. The van der Waals surface area contributed by atoms with E-state index in [4.69, 9.17) is 11.3 Å². The lowest BCUT2D eigenvalue weighted by Crippen LogP contribution is -1.93. The molecule has 4 nitrogen and oxygen atoms in total. The minimum atomic E-state index is -0.431. The van der Waals surface area contributed by atoms with Crippen LogP contribution in [0.2, 0.25) is 0 Å². The third-order valence-corrected chi connectivity index (χ3v) is 1.98. The van der Waals surface area contributed by atoms with E-state index in [2.05, 4.69) is 21.9 Å². The van der Waals surface area contributed by atoms with Crippen LogP contribution in [0.25, 0.3) is 10.4 Å². The lowest BCUT2D eigenvalue weighted by Gasteiger charge is -2.01. The van der Waals surface area contributed by atoms with Crippen LogP contribution in [-0.2, 0) is 0 Å². The summed E-state index contributed by atoms with van der Waals surface area (Å²) in [5.74, 6) is 4.97. The number of benzene rings is 1. The van der Waals surface area contributed by atoms with Crippen LogP contribution in [0.15, 0.2) is 17.2 Å². The molecule has 0 saturated heterocycles. The van der Waals surface area contributed by atoms with Crippen molar-refractivity contribution in [2.24, 2.45) is 5.11 Å². The number of aryl methyl sites for hydroxylation is 1. The van der Waals surface area contributed by atoms with Crippen molar-refractivity contribution in [2.45, 2.75) is 13.3 Å². The van der Waals surface area contributed by atoms with Crippen LogP contribution in [0, 0.1) is 24.6 Å². The fraction of sp³-hybridized carbons (Fsp3) is 0.273. The maximum Gasteiger partial charge on any atom is 0.140 e. The van der Waals surface area contributed by atoms with E-state index < -0.39 is 5.82 Å². The van der Waals surface area contributed by atoms with Gasteiger partial charge in [-0.25, -0.2) is 4.39 Å². The van der Waals surface area contributed by atoms with Crippen molar-refractivity contribution in [3.63, 3.8) is 0 Å². The van der Waals surface area contributed by atoms with E-state index in [-0.39, 0.29) is 0 Å². The van der Waals surface area contributed by atoms with Crippen LogP contribution < -0.4 is 5.73 Å². The molecule has 16 heavy (non-hydrogen) atoms. The maximum absolute atomic E-state index is 13.3. The smallest absolute Gasteiger partial charge is 0.140 e. The SMILES string of the molecule is Cc1cc(C#CCCN=[N+]=[N-])c(F)cc1N. The first-order valence-electron chi connectivity index (χ1n) is 4.70. The second-order valence-corrected chi connectivity index (χ2v) is 3.19. The van der Waals surface area contributed by atoms with Gasteiger partial charge in [0.2, 0.25) is 0 Å². The van der Waals surface area contributed by atoms with Gasteiger partial charge in [-0.1, -0.05) is 17.0 Å². The molecule has 0 aliphatic carbocycles. The standard InChI is InChI=1S/C11H11FN4/c1-8-6-9(10(12)7-11(8)13)4-2-3-5-15-16-14/h6-7H,3,5,13H2,1H3. The quantitative estimate of drug-likeness (QED) is 0.203. The molecule has 1 aromatic carbocycles. The Kier molecular flexibility index (Phi) is 4.19. The van der Waals surface area contributed by atoms with Crippen LogP contribution in [0.1, 0.15) is 17.5 Å². The maximum atomic E-state index is 13.3. The van der Waals surface area contributed by atoms with Gasteiger partial charge in [0.15, 0.2) is 0 Å². The molecular formula is C11H11FN4. The van der Waals surface area contributed by atoms with Gasteiger partial charge in [0, 0.05) is 23.6 Å². The van der Waals surface area contributed by atoms with Crippen LogP contribution in [0.4, 0.5) is 10.1 Å². The van der Waals surface area contributed by atoms with Crippen molar-refractivity contribution < 1.29 is 4.39 Å². The topological polar surface area (TPSA) is 74.8 Å². The van der Waals surface area contributed by atoms with Crippen molar-refractivity contribution in [3.05, 3.63) is 39.5 Å². The number of anilines is 1. The lowest BCUT2D eigenvalue weighted by molar-refractivity contribution is 0.624. The fourth-order valence-corrected chi connectivity index (χ4v) is 1.10. The van der Waals surface area contributed by atoms with Gasteiger partial charge in [-0.2, -0.15) is 0 Å². The summed E-state index contributed by atoms with van der Waals surface area (Å²) < 4.78 is 13.3. The first-order valence-corrected chi connectivity index (χ1v) is 4.70. The molecule has 0 saturated carbocycles. The first kappa shape index (κ1) is 11.9. The predicted octanol–water partition coefficient (Wildman–Crippen LogP) is 2.77.